The van der Waals surface area contributed by atoms with Crippen molar-refractivity contribution in [3.8, 4) is 0 Å². The first-order valence-corrected chi connectivity index (χ1v) is 11.0. The third kappa shape index (κ3) is 3.91. The Morgan fingerprint density at radius 3 is 1.80 bits per heavy atom. The monoisotopic (exact) mass is 417 g/mol. The lowest BCUT2D eigenvalue weighted by molar-refractivity contribution is -0.890. The fourth-order valence-electron chi connectivity index (χ4n) is 4.26. The fraction of sp³-hybridized carbons (Fsp3) is 0.200. The zero-order valence-corrected chi connectivity index (χ0v) is 17.9. The third-order valence-electron chi connectivity index (χ3n) is 5.57. The molecular weight excluding hydrogens is 392 g/mol. The summed E-state index contributed by atoms with van der Waals surface area (Å²) in [4.78, 5) is 14.5. The van der Waals surface area contributed by atoms with Gasteiger partial charge in [-0.3, -0.25) is 10.1 Å². The standard InChI is InChI=1S/C25H24N2O2S/c1-26(2)22-21(18-12-6-3-7-13-18)24(19-14-8-4-9-15-19)30-25(23(22)27(28)29)20-16-10-5-11-17-20/h3-17,22-23,25H,1-2H3/p+1/t22-,23-,25-/m0/s1. The van der Waals surface area contributed by atoms with Gasteiger partial charge in [0.05, 0.1) is 14.1 Å². The highest BCUT2D eigenvalue weighted by Gasteiger charge is 2.51. The molecule has 1 aliphatic heterocycles. The van der Waals surface area contributed by atoms with Gasteiger partial charge in [-0.25, -0.2) is 0 Å². The Kier molecular flexibility index (Phi) is 6.02. The largest absolute Gasteiger partial charge is 0.328 e. The van der Waals surface area contributed by atoms with Crippen LogP contribution in [-0.2, 0) is 0 Å². The Balaban J connectivity index is 1.99. The van der Waals surface area contributed by atoms with Crippen LogP contribution in [0.25, 0.3) is 10.5 Å². The molecule has 0 aliphatic carbocycles. The summed E-state index contributed by atoms with van der Waals surface area (Å²) in [5.74, 6) is 0. The maximum atomic E-state index is 12.4. The van der Waals surface area contributed by atoms with Gasteiger partial charge >= 0.3 is 0 Å². The van der Waals surface area contributed by atoms with Gasteiger partial charge in [-0.1, -0.05) is 91.0 Å². The Labute approximate surface area is 181 Å². The Morgan fingerprint density at radius 2 is 1.30 bits per heavy atom. The van der Waals surface area contributed by atoms with E-state index in [2.05, 4.69) is 24.3 Å². The van der Waals surface area contributed by atoms with Crippen molar-refractivity contribution in [2.45, 2.75) is 17.3 Å². The summed E-state index contributed by atoms with van der Waals surface area (Å²) < 4.78 is 0. The maximum Gasteiger partial charge on any atom is 0.284 e. The number of benzene rings is 3. The van der Waals surface area contributed by atoms with Gasteiger partial charge in [-0.2, -0.15) is 0 Å². The minimum atomic E-state index is -0.731. The second-order valence-corrected chi connectivity index (χ2v) is 8.91. The number of nitrogens with zero attached hydrogens (tertiary/aromatic N) is 1. The van der Waals surface area contributed by atoms with E-state index in [0.29, 0.717) is 0 Å². The van der Waals surface area contributed by atoms with E-state index in [4.69, 9.17) is 0 Å². The molecule has 3 atom stereocenters. The Hall–Kier alpha value is -2.89. The van der Waals surface area contributed by atoms with E-state index < -0.39 is 6.04 Å². The number of nitrogens with one attached hydrogen (secondary N) is 1. The van der Waals surface area contributed by atoms with Crippen molar-refractivity contribution in [3.05, 3.63) is 118 Å². The Bertz CT molecular complexity index is 1040. The van der Waals surface area contributed by atoms with Crippen molar-refractivity contribution in [3.63, 3.8) is 0 Å². The van der Waals surface area contributed by atoms with Crippen LogP contribution < -0.4 is 4.90 Å². The van der Waals surface area contributed by atoms with E-state index >= 15 is 0 Å². The molecule has 1 N–H and O–H groups in total. The number of thioether (sulfide) groups is 1. The smallest absolute Gasteiger partial charge is 0.284 e. The molecule has 0 fully saturated rings. The molecular formula is C25H25N2O2S+. The fourth-order valence-corrected chi connectivity index (χ4v) is 5.85. The summed E-state index contributed by atoms with van der Waals surface area (Å²) in [5, 5.41) is 12.2. The predicted molar refractivity (Wildman–Crippen MR) is 124 cm³/mol. The van der Waals surface area contributed by atoms with Crippen LogP contribution in [0.5, 0.6) is 0 Å². The summed E-state index contributed by atoms with van der Waals surface area (Å²) in [5.41, 5.74) is 4.21. The molecule has 0 bridgehead atoms. The molecule has 1 aliphatic rings. The van der Waals surface area contributed by atoms with Gasteiger partial charge in [0.2, 0.25) is 0 Å². The van der Waals surface area contributed by atoms with E-state index in [1.54, 1.807) is 11.8 Å². The third-order valence-corrected chi connectivity index (χ3v) is 7.06. The second kappa shape index (κ2) is 8.86. The van der Waals surface area contributed by atoms with E-state index in [1.165, 1.54) is 0 Å². The van der Waals surface area contributed by atoms with Crippen LogP contribution in [0.15, 0.2) is 91.0 Å². The predicted octanol–water partition coefficient (Wildman–Crippen LogP) is 4.20. The van der Waals surface area contributed by atoms with Gasteiger partial charge in [-0.15, -0.1) is 11.8 Å². The van der Waals surface area contributed by atoms with Gasteiger partial charge in [0.1, 0.15) is 5.25 Å². The maximum absolute atomic E-state index is 12.4. The highest BCUT2D eigenvalue weighted by molar-refractivity contribution is 8.08. The molecule has 4 nitrogen and oxygen atoms in total. The summed E-state index contributed by atoms with van der Waals surface area (Å²) in [6, 6.07) is 29.3. The molecule has 4 rings (SSSR count). The number of rotatable bonds is 5. The molecule has 152 valence electrons. The van der Waals surface area contributed by atoms with E-state index in [0.717, 1.165) is 32.1 Å². The average molecular weight is 418 g/mol. The minimum Gasteiger partial charge on any atom is -0.328 e. The number of hydrogen-bond donors (Lipinski definition) is 1. The molecule has 1 heterocycles. The number of hydrogen-bond acceptors (Lipinski definition) is 3. The minimum absolute atomic E-state index is 0.0763. The molecule has 0 saturated heterocycles. The molecule has 0 saturated carbocycles. The van der Waals surface area contributed by atoms with Crippen LogP contribution >= 0.6 is 11.8 Å². The zero-order chi connectivity index (χ0) is 21.1. The zero-order valence-electron chi connectivity index (χ0n) is 17.1. The summed E-state index contributed by atoms with van der Waals surface area (Å²) in [6.07, 6.45) is 0. The molecule has 3 aromatic rings. The first-order chi connectivity index (χ1) is 14.6. The molecule has 0 amide bonds. The number of likely N-dealkylation sites (N-methyl/N-ethyl adjacent to an activating group) is 1. The lowest BCUT2D eigenvalue weighted by Gasteiger charge is -2.37. The van der Waals surface area contributed by atoms with Crippen LogP contribution in [-0.4, -0.2) is 31.1 Å². The summed E-state index contributed by atoms with van der Waals surface area (Å²) in [6.45, 7) is 0. The SMILES string of the molecule is C[NH+](C)[C@H]1C(c2ccccc2)=C(c2ccccc2)S[C@@H](c2ccccc2)[C@H]1[N+](=O)[O-]. The van der Waals surface area contributed by atoms with Crippen molar-refractivity contribution in [2.24, 2.45) is 0 Å². The van der Waals surface area contributed by atoms with Gasteiger partial charge in [0.15, 0.2) is 6.04 Å². The topological polar surface area (TPSA) is 47.6 Å². The van der Waals surface area contributed by atoms with Gasteiger partial charge < -0.3 is 4.90 Å². The van der Waals surface area contributed by atoms with Crippen LogP contribution in [0, 0.1) is 10.1 Å². The Morgan fingerprint density at radius 1 is 0.800 bits per heavy atom. The lowest BCUT2D eigenvalue weighted by Crippen LogP contribution is -3.12. The van der Waals surface area contributed by atoms with Crippen molar-refractivity contribution >= 4 is 22.2 Å². The molecule has 5 heteroatoms. The number of quaternary nitrogens is 1. The normalized spacial score (nSPS) is 21.6. The van der Waals surface area contributed by atoms with Crippen LogP contribution in [0.4, 0.5) is 0 Å². The molecule has 30 heavy (non-hydrogen) atoms. The first kappa shape index (κ1) is 20.4. The van der Waals surface area contributed by atoms with E-state index in [9.17, 15) is 10.1 Å². The summed E-state index contributed by atoms with van der Waals surface area (Å²) >= 11 is 1.62. The number of nitro groups is 1. The van der Waals surface area contributed by atoms with Crippen LogP contribution in [0.1, 0.15) is 21.9 Å². The molecule has 0 unspecified atom stereocenters. The van der Waals surface area contributed by atoms with Gasteiger partial charge in [-0.05, 0) is 16.7 Å². The van der Waals surface area contributed by atoms with Crippen molar-refractivity contribution < 1.29 is 9.82 Å². The quantitative estimate of drug-likeness (QED) is 0.500. The van der Waals surface area contributed by atoms with Gasteiger partial charge in [0.25, 0.3) is 6.04 Å². The van der Waals surface area contributed by atoms with Gasteiger partial charge in [0, 0.05) is 15.4 Å². The molecule has 0 spiro atoms. The molecule has 0 aromatic heterocycles. The lowest BCUT2D eigenvalue weighted by atomic mass is 9.86. The summed E-state index contributed by atoms with van der Waals surface area (Å²) in [7, 11) is 4.04. The van der Waals surface area contributed by atoms with Crippen LogP contribution in [0.2, 0.25) is 0 Å². The van der Waals surface area contributed by atoms with E-state index in [-0.39, 0.29) is 16.2 Å². The highest BCUT2D eigenvalue weighted by Crippen LogP contribution is 2.52. The van der Waals surface area contributed by atoms with Crippen LogP contribution in [0.3, 0.4) is 0 Å². The highest BCUT2D eigenvalue weighted by atomic mass is 32.2. The van der Waals surface area contributed by atoms with Crippen molar-refractivity contribution in [1.82, 2.24) is 0 Å². The van der Waals surface area contributed by atoms with Crippen molar-refractivity contribution in [1.29, 1.82) is 0 Å². The van der Waals surface area contributed by atoms with E-state index in [1.807, 2.05) is 80.8 Å². The second-order valence-electron chi connectivity index (χ2n) is 7.75. The first-order valence-electron chi connectivity index (χ1n) is 10.1. The molecule has 3 aromatic carbocycles. The molecule has 0 radical (unpaired) electrons. The van der Waals surface area contributed by atoms with Crippen molar-refractivity contribution in [2.75, 3.05) is 14.1 Å². The average Bonchev–Trinajstić information content (AvgIpc) is 2.79.